The van der Waals surface area contributed by atoms with Crippen molar-refractivity contribution in [3.8, 4) is 5.75 Å². The van der Waals surface area contributed by atoms with Gasteiger partial charge in [-0.1, -0.05) is 6.07 Å². The summed E-state index contributed by atoms with van der Waals surface area (Å²) in [5.41, 5.74) is -1.15. The minimum absolute atomic E-state index is 0.0188. The van der Waals surface area contributed by atoms with Crippen LogP contribution in [0.15, 0.2) is 18.2 Å². The van der Waals surface area contributed by atoms with E-state index in [-0.39, 0.29) is 12.2 Å². The van der Waals surface area contributed by atoms with E-state index < -0.39 is 35.1 Å². The van der Waals surface area contributed by atoms with Crippen molar-refractivity contribution in [3.05, 3.63) is 29.3 Å². The fourth-order valence-corrected chi connectivity index (χ4v) is 5.40. The van der Waals surface area contributed by atoms with Crippen LogP contribution >= 0.6 is 0 Å². The quantitative estimate of drug-likeness (QED) is 0.439. The summed E-state index contributed by atoms with van der Waals surface area (Å²) in [4.78, 5) is 26.4. The number of likely N-dealkylation sites (tertiary alicyclic amines) is 1. The topological polar surface area (TPSA) is 122 Å². The summed E-state index contributed by atoms with van der Waals surface area (Å²) >= 11 is 0. The molecule has 27 heavy (non-hydrogen) atoms. The highest BCUT2D eigenvalue weighted by molar-refractivity contribution is 5.95. The third-order valence-electron chi connectivity index (χ3n) is 6.59. The number of fused-ring (bicyclic) bond motifs is 1. The van der Waals surface area contributed by atoms with Crippen LogP contribution in [0.1, 0.15) is 42.9 Å². The summed E-state index contributed by atoms with van der Waals surface area (Å²) in [5.74, 6) is -0.466. The summed E-state index contributed by atoms with van der Waals surface area (Å²) in [5, 5.41) is 38.1. The van der Waals surface area contributed by atoms with Crippen LogP contribution in [-0.4, -0.2) is 63.9 Å². The Morgan fingerprint density at radius 2 is 2.04 bits per heavy atom. The number of benzene rings is 1. The number of piperidine rings is 1. The van der Waals surface area contributed by atoms with Gasteiger partial charge in [0.2, 0.25) is 5.91 Å². The lowest BCUT2D eigenvalue weighted by atomic mass is 9.51. The van der Waals surface area contributed by atoms with Gasteiger partial charge in [0.25, 0.3) is 0 Å². The molecule has 1 aliphatic carbocycles. The number of rotatable bonds is 0. The smallest absolute Gasteiger partial charge is 0.321 e. The molecule has 0 saturated carbocycles. The Balaban J connectivity index is 1.94. The molecule has 8 heteroatoms. The molecule has 8 nitrogen and oxygen atoms in total. The molecule has 4 atom stereocenters. The Labute approximate surface area is 157 Å². The minimum Gasteiger partial charge on any atom is -0.508 e. The number of hydrogen-bond donors (Lipinski definition) is 5. The summed E-state index contributed by atoms with van der Waals surface area (Å²) in [6.07, 6.45) is 0.274. The second kappa shape index (κ2) is 6.19. The average Bonchev–Trinajstić information content (AvgIpc) is 2.60. The predicted octanol–water partition coefficient (Wildman–Crippen LogP) is 0.122. The van der Waals surface area contributed by atoms with Crippen molar-refractivity contribution in [3.63, 3.8) is 0 Å². The largest absolute Gasteiger partial charge is 0.508 e. The van der Waals surface area contributed by atoms with Crippen molar-refractivity contribution in [2.75, 3.05) is 20.1 Å². The molecule has 3 amide bonds. The van der Waals surface area contributed by atoms with Crippen LogP contribution in [-0.2, 0) is 10.2 Å². The minimum atomic E-state index is -1.38. The van der Waals surface area contributed by atoms with E-state index in [2.05, 4.69) is 10.6 Å². The first-order chi connectivity index (χ1) is 12.8. The number of carbonyl (C=O) groups excluding carboxylic acids is 2. The zero-order chi connectivity index (χ0) is 19.4. The Kier molecular flexibility index (Phi) is 4.17. The van der Waals surface area contributed by atoms with Crippen LogP contribution < -0.4 is 10.6 Å². The van der Waals surface area contributed by atoms with E-state index in [1.54, 1.807) is 12.1 Å². The van der Waals surface area contributed by atoms with Crippen LogP contribution in [0.4, 0.5) is 4.79 Å². The van der Waals surface area contributed by atoms with Gasteiger partial charge in [0.05, 0.1) is 17.7 Å². The molecule has 2 bridgehead atoms. The predicted molar refractivity (Wildman–Crippen MR) is 96.1 cm³/mol. The monoisotopic (exact) mass is 375 g/mol. The molecule has 4 rings (SSSR count). The maximum atomic E-state index is 12.6. The molecule has 0 radical (unpaired) electrons. The average molecular weight is 375 g/mol. The van der Waals surface area contributed by atoms with E-state index in [9.17, 15) is 24.9 Å². The molecule has 2 fully saturated rings. The third-order valence-corrected chi connectivity index (χ3v) is 6.59. The molecule has 2 aliphatic heterocycles. The molecule has 2 saturated heterocycles. The Bertz CT molecular complexity index is 800. The van der Waals surface area contributed by atoms with Gasteiger partial charge >= 0.3 is 6.03 Å². The van der Waals surface area contributed by atoms with E-state index in [1.165, 1.54) is 6.07 Å². The first kappa shape index (κ1) is 18.2. The van der Waals surface area contributed by atoms with E-state index in [4.69, 9.17) is 0 Å². The highest BCUT2D eigenvalue weighted by atomic mass is 16.3. The second-order valence-corrected chi connectivity index (χ2v) is 7.98. The normalized spacial score (nSPS) is 36.9. The van der Waals surface area contributed by atoms with E-state index in [0.717, 1.165) is 0 Å². The molecule has 0 unspecified atom stereocenters. The van der Waals surface area contributed by atoms with Gasteiger partial charge in [-0.2, -0.15) is 0 Å². The Morgan fingerprint density at radius 3 is 2.81 bits per heavy atom. The highest BCUT2D eigenvalue weighted by Crippen LogP contribution is 2.58. The van der Waals surface area contributed by atoms with Crippen molar-refractivity contribution >= 4 is 11.9 Å². The lowest BCUT2D eigenvalue weighted by Gasteiger charge is -2.62. The molecule has 1 aromatic rings. The molecule has 1 aromatic carbocycles. The maximum absolute atomic E-state index is 12.6. The van der Waals surface area contributed by atoms with Gasteiger partial charge in [-0.15, -0.1) is 0 Å². The zero-order valence-corrected chi connectivity index (χ0v) is 15.2. The van der Waals surface area contributed by atoms with Crippen LogP contribution in [0.5, 0.6) is 5.75 Å². The number of urea groups is 1. The number of phenolic OH excluding ortho intramolecular Hbond substituents is 1. The van der Waals surface area contributed by atoms with Crippen molar-refractivity contribution in [2.45, 2.75) is 48.8 Å². The lowest BCUT2D eigenvalue weighted by molar-refractivity contribution is -0.185. The number of imide groups is 1. The number of likely N-dealkylation sites (N-methyl/N-ethyl adjacent to an activating group) is 1. The molecular weight excluding hydrogens is 350 g/mol. The molecule has 0 aromatic heterocycles. The fraction of sp³-hybridized carbons (Fsp3) is 0.579. The molecule has 2 heterocycles. The first-order valence-electron chi connectivity index (χ1n) is 9.30. The molecular formula is C19H25N3O5. The standard InChI is InChI=1S/C19H25N3O5/c1-22-8-6-18-10-14(24)21-17(26)20-7-2-5-19(18,27)16(22)15(25)12-4-3-11(23)9-13(12)18/h3-4,9,15-16,23,25,27H,2,5-8,10H2,1H3,(H2,20,21,24,26)/t15-,16-,18-,19-/m0/s1. The number of nitrogens with zero attached hydrogens (tertiary/aromatic N) is 1. The maximum Gasteiger partial charge on any atom is 0.321 e. The van der Waals surface area contributed by atoms with Crippen LogP contribution in [0.25, 0.3) is 0 Å². The number of amides is 3. The van der Waals surface area contributed by atoms with E-state index in [1.807, 2.05) is 11.9 Å². The number of nitrogens with one attached hydrogen (secondary N) is 2. The summed E-state index contributed by atoms with van der Waals surface area (Å²) in [7, 11) is 1.86. The van der Waals surface area contributed by atoms with Crippen LogP contribution in [0, 0.1) is 0 Å². The number of hydrogen-bond acceptors (Lipinski definition) is 6. The molecule has 5 N–H and O–H groups in total. The lowest BCUT2D eigenvalue weighted by Crippen LogP contribution is -2.73. The van der Waals surface area contributed by atoms with Gasteiger partial charge in [0, 0.05) is 18.4 Å². The number of aliphatic hydroxyl groups is 2. The Morgan fingerprint density at radius 1 is 1.26 bits per heavy atom. The van der Waals surface area contributed by atoms with Gasteiger partial charge in [-0.3, -0.25) is 15.0 Å². The van der Waals surface area contributed by atoms with E-state index in [0.29, 0.717) is 43.5 Å². The zero-order valence-electron chi connectivity index (χ0n) is 15.2. The van der Waals surface area contributed by atoms with Crippen molar-refractivity contribution in [1.82, 2.24) is 15.5 Å². The number of aliphatic hydroxyl groups excluding tert-OH is 1. The number of aromatic hydroxyl groups is 1. The van der Waals surface area contributed by atoms with Crippen LogP contribution in [0.3, 0.4) is 0 Å². The first-order valence-corrected chi connectivity index (χ1v) is 9.30. The van der Waals surface area contributed by atoms with Crippen LogP contribution in [0.2, 0.25) is 0 Å². The van der Waals surface area contributed by atoms with Gasteiger partial charge in [-0.05, 0) is 56.1 Å². The van der Waals surface area contributed by atoms with E-state index >= 15 is 0 Å². The van der Waals surface area contributed by atoms with Gasteiger partial charge in [-0.25, -0.2) is 4.79 Å². The second-order valence-electron chi connectivity index (χ2n) is 7.98. The van der Waals surface area contributed by atoms with Crippen molar-refractivity contribution in [1.29, 1.82) is 0 Å². The Hall–Kier alpha value is -2.16. The van der Waals surface area contributed by atoms with Gasteiger partial charge < -0.3 is 20.6 Å². The fourth-order valence-electron chi connectivity index (χ4n) is 5.40. The number of phenols is 1. The highest BCUT2D eigenvalue weighted by Gasteiger charge is 2.65. The number of carbonyl (C=O) groups is 2. The van der Waals surface area contributed by atoms with Gasteiger partial charge in [0.1, 0.15) is 5.75 Å². The van der Waals surface area contributed by atoms with Crippen molar-refractivity contribution < 1.29 is 24.9 Å². The van der Waals surface area contributed by atoms with Gasteiger partial charge in [0.15, 0.2) is 0 Å². The summed E-state index contributed by atoms with van der Waals surface area (Å²) in [6.45, 7) is 0.898. The molecule has 0 spiro atoms. The third kappa shape index (κ3) is 2.55. The molecule has 3 aliphatic rings. The molecule has 146 valence electrons. The van der Waals surface area contributed by atoms with Crippen molar-refractivity contribution in [2.24, 2.45) is 0 Å². The summed E-state index contributed by atoms with van der Waals surface area (Å²) in [6, 6.07) is 3.59. The SMILES string of the molecule is CN1CC[C@@]23CC(=O)NC(=O)NCCC[C@]2(O)[C@@H]1[C@@H](O)c1ccc(O)cc13. The summed E-state index contributed by atoms with van der Waals surface area (Å²) < 4.78 is 0.